The standard InChI is InChI=1S/C16H15N3O2/c1-20-12-5-6-15(21-2)13(8-12)16-18-10-14(19-16)11-4-3-7-17-9-11/h3-10H,1-2H3,(H,18,19). The summed E-state index contributed by atoms with van der Waals surface area (Å²) in [6.45, 7) is 0. The molecule has 3 rings (SSSR count). The van der Waals surface area contributed by atoms with Gasteiger partial charge in [-0.1, -0.05) is 0 Å². The Balaban J connectivity index is 2.04. The molecule has 2 aromatic heterocycles. The number of ether oxygens (including phenoxy) is 2. The average Bonchev–Trinajstić information content (AvgIpc) is 3.05. The molecule has 0 aliphatic rings. The van der Waals surface area contributed by atoms with Gasteiger partial charge in [0.1, 0.15) is 17.3 Å². The molecule has 0 saturated carbocycles. The Bertz CT molecular complexity index is 738. The SMILES string of the molecule is COc1ccc(OC)c(-c2ncc(-c3cccnc3)[nH]2)c1. The first kappa shape index (κ1) is 13.2. The first-order valence-electron chi connectivity index (χ1n) is 6.49. The maximum Gasteiger partial charge on any atom is 0.141 e. The number of nitrogens with zero attached hydrogens (tertiary/aromatic N) is 2. The van der Waals surface area contributed by atoms with Crippen LogP contribution in [0.3, 0.4) is 0 Å². The zero-order valence-electron chi connectivity index (χ0n) is 11.8. The fraction of sp³-hybridized carbons (Fsp3) is 0.125. The molecular weight excluding hydrogens is 266 g/mol. The molecule has 0 unspecified atom stereocenters. The second-order valence-corrected chi connectivity index (χ2v) is 4.45. The van der Waals surface area contributed by atoms with Crippen molar-refractivity contribution in [3.05, 3.63) is 48.9 Å². The van der Waals surface area contributed by atoms with Gasteiger partial charge in [0.2, 0.25) is 0 Å². The number of imidazole rings is 1. The Morgan fingerprint density at radius 1 is 1.05 bits per heavy atom. The van der Waals surface area contributed by atoms with E-state index in [1.165, 1.54) is 0 Å². The van der Waals surface area contributed by atoms with Crippen molar-refractivity contribution in [1.82, 2.24) is 15.0 Å². The van der Waals surface area contributed by atoms with Crippen LogP contribution >= 0.6 is 0 Å². The van der Waals surface area contributed by atoms with Gasteiger partial charge in [0.25, 0.3) is 0 Å². The summed E-state index contributed by atoms with van der Waals surface area (Å²) in [6, 6.07) is 9.48. The number of benzene rings is 1. The van der Waals surface area contributed by atoms with Gasteiger partial charge in [-0.15, -0.1) is 0 Å². The van der Waals surface area contributed by atoms with Crippen molar-refractivity contribution in [1.29, 1.82) is 0 Å². The first-order chi connectivity index (χ1) is 10.3. The molecule has 0 radical (unpaired) electrons. The number of aromatic nitrogens is 3. The van der Waals surface area contributed by atoms with Gasteiger partial charge < -0.3 is 14.5 Å². The molecule has 0 fully saturated rings. The lowest BCUT2D eigenvalue weighted by Gasteiger charge is -2.08. The molecule has 21 heavy (non-hydrogen) atoms. The number of hydrogen-bond donors (Lipinski definition) is 1. The van der Waals surface area contributed by atoms with E-state index in [0.717, 1.165) is 34.1 Å². The molecule has 0 aliphatic carbocycles. The Morgan fingerprint density at radius 2 is 1.95 bits per heavy atom. The van der Waals surface area contributed by atoms with Gasteiger partial charge in [0, 0.05) is 18.0 Å². The minimum Gasteiger partial charge on any atom is -0.497 e. The van der Waals surface area contributed by atoms with E-state index >= 15 is 0 Å². The van der Waals surface area contributed by atoms with Crippen LogP contribution in [0.4, 0.5) is 0 Å². The molecule has 5 nitrogen and oxygen atoms in total. The zero-order chi connectivity index (χ0) is 14.7. The fourth-order valence-electron chi connectivity index (χ4n) is 2.13. The lowest BCUT2D eigenvalue weighted by Crippen LogP contribution is -1.91. The molecular formula is C16H15N3O2. The molecule has 0 bridgehead atoms. The van der Waals surface area contributed by atoms with Crippen LogP contribution in [0, 0.1) is 0 Å². The summed E-state index contributed by atoms with van der Waals surface area (Å²) in [7, 11) is 3.27. The van der Waals surface area contributed by atoms with E-state index in [0.29, 0.717) is 0 Å². The minimum absolute atomic E-state index is 0.726. The molecule has 0 amide bonds. The normalized spacial score (nSPS) is 10.4. The van der Waals surface area contributed by atoms with Crippen LogP contribution < -0.4 is 9.47 Å². The van der Waals surface area contributed by atoms with Crippen LogP contribution in [0.5, 0.6) is 11.5 Å². The summed E-state index contributed by atoms with van der Waals surface area (Å²) < 4.78 is 10.6. The number of rotatable bonds is 4. The number of pyridine rings is 1. The zero-order valence-corrected chi connectivity index (χ0v) is 11.8. The third-order valence-electron chi connectivity index (χ3n) is 3.21. The lowest BCUT2D eigenvalue weighted by atomic mass is 10.1. The van der Waals surface area contributed by atoms with Crippen LogP contribution in [0.1, 0.15) is 0 Å². The van der Waals surface area contributed by atoms with Crippen molar-refractivity contribution >= 4 is 0 Å². The van der Waals surface area contributed by atoms with Gasteiger partial charge in [0.15, 0.2) is 0 Å². The smallest absolute Gasteiger partial charge is 0.141 e. The molecule has 1 N–H and O–H groups in total. The molecule has 0 spiro atoms. The minimum atomic E-state index is 0.726. The van der Waals surface area contributed by atoms with E-state index in [-0.39, 0.29) is 0 Å². The van der Waals surface area contributed by atoms with Crippen LogP contribution in [0.25, 0.3) is 22.6 Å². The van der Waals surface area contributed by atoms with Crippen molar-refractivity contribution in [3.63, 3.8) is 0 Å². The van der Waals surface area contributed by atoms with E-state index in [9.17, 15) is 0 Å². The highest BCUT2D eigenvalue weighted by molar-refractivity contribution is 5.69. The third-order valence-corrected chi connectivity index (χ3v) is 3.21. The molecule has 2 heterocycles. The monoisotopic (exact) mass is 281 g/mol. The number of methoxy groups -OCH3 is 2. The number of aromatic amines is 1. The first-order valence-corrected chi connectivity index (χ1v) is 6.49. The lowest BCUT2D eigenvalue weighted by molar-refractivity contribution is 0.404. The highest BCUT2D eigenvalue weighted by atomic mass is 16.5. The molecule has 0 atom stereocenters. The van der Waals surface area contributed by atoms with Gasteiger partial charge in [-0.3, -0.25) is 4.98 Å². The molecule has 3 aromatic rings. The number of H-pyrrole nitrogens is 1. The average molecular weight is 281 g/mol. The van der Waals surface area contributed by atoms with Crippen LogP contribution in [0.15, 0.2) is 48.9 Å². The van der Waals surface area contributed by atoms with E-state index in [4.69, 9.17) is 9.47 Å². The summed E-state index contributed by atoms with van der Waals surface area (Å²) in [6.07, 6.45) is 5.32. The van der Waals surface area contributed by atoms with Crippen molar-refractivity contribution < 1.29 is 9.47 Å². The molecule has 5 heteroatoms. The summed E-state index contributed by atoms with van der Waals surface area (Å²) in [5.41, 5.74) is 2.74. The summed E-state index contributed by atoms with van der Waals surface area (Å²) in [5.74, 6) is 2.22. The van der Waals surface area contributed by atoms with Gasteiger partial charge in [-0.2, -0.15) is 0 Å². The molecule has 0 saturated heterocycles. The van der Waals surface area contributed by atoms with Crippen LogP contribution in [-0.4, -0.2) is 29.2 Å². The molecule has 1 aromatic carbocycles. The van der Waals surface area contributed by atoms with E-state index in [1.807, 2.05) is 30.3 Å². The van der Waals surface area contributed by atoms with Crippen LogP contribution in [0.2, 0.25) is 0 Å². The van der Waals surface area contributed by atoms with Gasteiger partial charge in [0.05, 0.1) is 31.7 Å². The number of nitrogens with one attached hydrogen (secondary N) is 1. The largest absolute Gasteiger partial charge is 0.497 e. The quantitative estimate of drug-likeness (QED) is 0.798. The van der Waals surface area contributed by atoms with Gasteiger partial charge in [-0.05, 0) is 30.3 Å². The van der Waals surface area contributed by atoms with Crippen molar-refractivity contribution in [3.8, 4) is 34.1 Å². The highest BCUT2D eigenvalue weighted by Crippen LogP contribution is 2.32. The summed E-state index contributed by atoms with van der Waals surface area (Å²) >= 11 is 0. The second kappa shape index (κ2) is 5.66. The fourth-order valence-corrected chi connectivity index (χ4v) is 2.13. The predicted molar refractivity (Wildman–Crippen MR) is 80.4 cm³/mol. The molecule has 106 valence electrons. The third kappa shape index (κ3) is 2.58. The maximum absolute atomic E-state index is 5.39. The predicted octanol–water partition coefficient (Wildman–Crippen LogP) is 3.16. The van der Waals surface area contributed by atoms with Gasteiger partial charge in [-0.25, -0.2) is 4.98 Å². The van der Waals surface area contributed by atoms with Gasteiger partial charge >= 0.3 is 0 Å². The van der Waals surface area contributed by atoms with E-state index < -0.39 is 0 Å². The van der Waals surface area contributed by atoms with E-state index in [2.05, 4.69) is 15.0 Å². The Morgan fingerprint density at radius 3 is 2.67 bits per heavy atom. The van der Waals surface area contributed by atoms with Crippen molar-refractivity contribution in [2.75, 3.05) is 14.2 Å². The van der Waals surface area contributed by atoms with Crippen LogP contribution in [-0.2, 0) is 0 Å². The number of hydrogen-bond acceptors (Lipinski definition) is 4. The van der Waals surface area contributed by atoms with Crippen molar-refractivity contribution in [2.45, 2.75) is 0 Å². The molecule has 0 aliphatic heterocycles. The summed E-state index contributed by atoms with van der Waals surface area (Å²) in [5, 5.41) is 0. The van der Waals surface area contributed by atoms with E-state index in [1.54, 1.807) is 32.8 Å². The summed E-state index contributed by atoms with van der Waals surface area (Å²) in [4.78, 5) is 11.8. The maximum atomic E-state index is 5.39. The Labute approximate surface area is 122 Å². The topological polar surface area (TPSA) is 60.0 Å². The Kier molecular flexibility index (Phi) is 3.55. The Hall–Kier alpha value is -2.82. The van der Waals surface area contributed by atoms with Crippen molar-refractivity contribution in [2.24, 2.45) is 0 Å². The second-order valence-electron chi connectivity index (χ2n) is 4.45. The highest BCUT2D eigenvalue weighted by Gasteiger charge is 2.12.